The highest BCUT2D eigenvalue weighted by molar-refractivity contribution is 8.00. The molecule has 0 aliphatic rings. The Hall–Kier alpha value is -2.96. The van der Waals surface area contributed by atoms with E-state index in [9.17, 15) is 17.6 Å². The molecule has 30 heavy (non-hydrogen) atoms. The van der Waals surface area contributed by atoms with Gasteiger partial charge in [-0.05, 0) is 49.4 Å². The number of nitrogens with two attached hydrogens (primary N) is 1. The summed E-state index contributed by atoms with van der Waals surface area (Å²) < 4.78 is 46.6. The molecule has 12 heteroatoms. The summed E-state index contributed by atoms with van der Waals surface area (Å²) in [4.78, 5) is 12.3. The van der Waals surface area contributed by atoms with Gasteiger partial charge in [-0.25, -0.2) is 17.9 Å². The van der Waals surface area contributed by atoms with Crippen molar-refractivity contribution in [3.8, 4) is 5.75 Å². The molecule has 0 unspecified atom stereocenters. The molecular weight excluding hydrogens is 435 g/mol. The Balaban J connectivity index is 1.55. The predicted octanol–water partition coefficient (Wildman–Crippen LogP) is 2.55. The van der Waals surface area contributed by atoms with Gasteiger partial charge in [0.1, 0.15) is 11.6 Å². The zero-order valence-corrected chi connectivity index (χ0v) is 17.2. The van der Waals surface area contributed by atoms with Gasteiger partial charge in [0.2, 0.25) is 15.9 Å². The number of rotatable bonds is 8. The second kappa shape index (κ2) is 9.24. The van der Waals surface area contributed by atoms with Crippen LogP contribution in [0.4, 0.5) is 10.1 Å². The summed E-state index contributed by atoms with van der Waals surface area (Å²) in [5.74, 6) is -0.134. The molecule has 0 spiro atoms. The molecule has 3 aromatic rings. The van der Waals surface area contributed by atoms with Crippen molar-refractivity contribution in [1.29, 1.82) is 0 Å². The van der Waals surface area contributed by atoms with Crippen molar-refractivity contribution in [3.05, 3.63) is 60.2 Å². The van der Waals surface area contributed by atoms with Crippen LogP contribution in [0.1, 0.15) is 12.8 Å². The van der Waals surface area contributed by atoms with Crippen LogP contribution in [0.5, 0.6) is 5.75 Å². The highest BCUT2D eigenvalue weighted by atomic mass is 32.2. The first-order chi connectivity index (χ1) is 14.2. The van der Waals surface area contributed by atoms with E-state index in [1.54, 1.807) is 13.0 Å². The summed E-state index contributed by atoms with van der Waals surface area (Å²) in [5.41, 5.74) is 0.290. The molecule has 0 saturated carbocycles. The standard InChI is InChI=1S/C18H17FN4O5S2/c1-11(17(24)21-13-3-2-4-15(9-13)30(20,25)26)29-18-23-22-16(28-18)10-27-14-7-5-12(19)6-8-14/h2-9,11H,10H2,1H3,(H,21,24)(H2,20,25,26)/t11-/m0/s1. The summed E-state index contributed by atoms with van der Waals surface area (Å²) in [5, 5.41) is 14.9. The molecular formula is C18H17FN4O5S2. The van der Waals surface area contributed by atoms with Gasteiger partial charge in [-0.3, -0.25) is 4.79 Å². The van der Waals surface area contributed by atoms with Crippen LogP contribution in [-0.4, -0.2) is 29.8 Å². The maximum absolute atomic E-state index is 12.9. The van der Waals surface area contributed by atoms with E-state index < -0.39 is 21.2 Å². The van der Waals surface area contributed by atoms with Gasteiger partial charge in [0, 0.05) is 5.69 Å². The lowest BCUT2D eigenvalue weighted by Gasteiger charge is -2.10. The van der Waals surface area contributed by atoms with Gasteiger partial charge >= 0.3 is 0 Å². The Morgan fingerprint density at radius 3 is 2.70 bits per heavy atom. The van der Waals surface area contributed by atoms with E-state index in [1.165, 1.54) is 42.5 Å². The highest BCUT2D eigenvalue weighted by Crippen LogP contribution is 2.24. The molecule has 1 amide bonds. The number of hydrogen-bond donors (Lipinski definition) is 2. The van der Waals surface area contributed by atoms with Gasteiger partial charge in [0.05, 0.1) is 10.1 Å². The molecule has 0 aliphatic carbocycles. The molecule has 2 aromatic carbocycles. The maximum Gasteiger partial charge on any atom is 0.277 e. The molecule has 158 valence electrons. The molecule has 3 N–H and O–H groups in total. The van der Waals surface area contributed by atoms with Crippen LogP contribution in [0, 0.1) is 5.82 Å². The Kier molecular flexibility index (Phi) is 6.70. The van der Waals surface area contributed by atoms with Crippen molar-refractivity contribution in [2.24, 2.45) is 5.14 Å². The number of benzene rings is 2. The van der Waals surface area contributed by atoms with Gasteiger partial charge in [-0.1, -0.05) is 17.8 Å². The van der Waals surface area contributed by atoms with E-state index in [4.69, 9.17) is 14.3 Å². The van der Waals surface area contributed by atoms with Gasteiger partial charge < -0.3 is 14.5 Å². The van der Waals surface area contributed by atoms with Crippen molar-refractivity contribution in [2.75, 3.05) is 5.32 Å². The van der Waals surface area contributed by atoms with Gasteiger partial charge in [0.25, 0.3) is 11.1 Å². The molecule has 0 fully saturated rings. The lowest BCUT2D eigenvalue weighted by molar-refractivity contribution is -0.115. The number of amides is 1. The van der Waals surface area contributed by atoms with Crippen LogP contribution in [-0.2, 0) is 21.4 Å². The van der Waals surface area contributed by atoms with Crippen LogP contribution in [0.3, 0.4) is 0 Å². The normalized spacial score (nSPS) is 12.4. The molecule has 0 bridgehead atoms. The third kappa shape index (κ3) is 6.02. The average molecular weight is 452 g/mol. The lowest BCUT2D eigenvalue weighted by Crippen LogP contribution is -2.22. The number of hydrogen-bond acceptors (Lipinski definition) is 8. The Bertz CT molecular complexity index is 1140. The van der Waals surface area contributed by atoms with E-state index in [-0.39, 0.29) is 34.1 Å². The number of anilines is 1. The SMILES string of the molecule is C[C@H](Sc1nnc(COc2ccc(F)cc2)o1)C(=O)Nc1cccc(S(N)(=O)=O)c1. The van der Waals surface area contributed by atoms with E-state index in [0.717, 1.165) is 11.8 Å². The average Bonchev–Trinajstić information content (AvgIpc) is 3.14. The van der Waals surface area contributed by atoms with E-state index in [0.29, 0.717) is 5.75 Å². The zero-order chi connectivity index (χ0) is 21.7. The smallest absolute Gasteiger partial charge is 0.277 e. The first-order valence-electron chi connectivity index (χ1n) is 8.52. The second-order valence-electron chi connectivity index (χ2n) is 6.03. The lowest BCUT2D eigenvalue weighted by atomic mass is 10.3. The summed E-state index contributed by atoms with van der Waals surface area (Å²) in [6.45, 7) is 1.61. The second-order valence-corrected chi connectivity index (χ2v) is 8.88. The number of nitrogens with one attached hydrogen (secondary N) is 1. The van der Waals surface area contributed by atoms with Gasteiger partial charge in [-0.2, -0.15) is 0 Å². The minimum atomic E-state index is -3.88. The molecule has 1 heterocycles. The fourth-order valence-corrected chi connectivity index (χ4v) is 3.48. The number of sulfonamides is 1. The fraction of sp³-hybridized carbons (Fsp3) is 0.167. The topological polar surface area (TPSA) is 137 Å². The summed E-state index contributed by atoms with van der Waals surface area (Å²) >= 11 is 1.02. The number of halogens is 1. The Morgan fingerprint density at radius 2 is 2.00 bits per heavy atom. The Labute approximate surface area is 175 Å². The van der Waals surface area contributed by atoms with Crippen LogP contribution in [0.25, 0.3) is 0 Å². The highest BCUT2D eigenvalue weighted by Gasteiger charge is 2.19. The fourth-order valence-electron chi connectivity index (χ4n) is 2.22. The van der Waals surface area contributed by atoms with Gasteiger partial charge in [0.15, 0.2) is 6.61 Å². The van der Waals surface area contributed by atoms with Crippen LogP contribution < -0.4 is 15.2 Å². The van der Waals surface area contributed by atoms with Crippen molar-refractivity contribution in [2.45, 2.75) is 28.9 Å². The quantitative estimate of drug-likeness (QED) is 0.498. The number of nitrogens with zero attached hydrogens (tertiary/aromatic N) is 2. The minimum absolute atomic E-state index is 0.0138. The Morgan fingerprint density at radius 1 is 1.27 bits per heavy atom. The number of aromatic nitrogens is 2. The molecule has 9 nitrogen and oxygen atoms in total. The van der Waals surface area contributed by atoms with Crippen molar-refractivity contribution in [1.82, 2.24) is 10.2 Å². The predicted molar refractivity (Wildman–Crippen MR) is 107 cm³/mol. The van der Waals surface area contributed by atoms with Gasteiger partial charge in [-0.15, -0.1) is 10.2 Å². The van der Waals surface area contributed by atoms with E-state index in [2.05, 4.69) is 15.5 Å². The van der Waals surface area contributed by atoms with E-state index >= 15 is 0 Å². The molecule has 3 rings (SSSR count). The number of carbonyl (C=O) groups excluding carboxylic acids is 1. The molecule has 0 radical (unpaired) electrons. The largest absolute Gasteiger partial charge is 0.484 e. The monoisotopic (exact) mass is 452 g/mol. The number of thioether (sulfide) groups is 1. The van der Waals surface area contributed by atoms with Crippen molar-refractivity contribution >= 4 is 33.4 Å². The van der Waals surface area contributed by atoms with Crippen LogP contribution in [0.2, 0.25) is 0 Å². The summed E-state index contributed by atoms with van der Waals surface area (Å²) in [6, 6.07) is 11.1. The molecule has 1 aromatic heterocycles. The molecule has 1 atom stereocenters. The summed E-state index contributed by atoms with van der Waals surface area (Å²) in [6.07, 6.45) is 0. The first kappa shape index (κ1) is 21.7. The van der Waals surface area contributed by atoms with Crippen molar-refractivity contribution in [3.63, 3.8) is 0 Å². The van der Waals surface area contributed by atoms with Crippen LogP contribution in [0.15, 0.2) is 63.1 Å². The minimum Gasteiger partial charge on any atom is -0.484 e. The molecule has 0 aliphatic heterocycles. The number of ether oxygens (including phenoxy) is 1. The first-order valence-corrected chi connectivity index (χ1v) is 10.9. The van der Waals surface area contributed by atoms with E-state index in [1.807, 2.05) is 0 Å². The van der Waals surface area contributed by atoms with Crippen molar-refractivity contribution < 1.29 is 26.8 Å². The third-order valence-corrected chi connectivity index (χ3v) is 5.55. The third-order valence-electron chi connectivity index (χ3n) is 3.70. The number of primary sulfonamides is 1. The molecule has 0 saturated heterocycles. The number of carbonyl (C=O) groups is 1. The zero-order valence-electron chi connectivity index (χ0n) is 15.6. The maximum atomic E-state index is 12.9. The summed E-state index contributed by atoms with van der Waals surface area (Å²) in [7, 11) is -3.88. The van der Waals surface area contributed by atoms with Crippen LogP contribution >= 0.6 is 11.8 Å².